The molecular formula is C21H24ClN3O3. The molecule has 0 spiro atoms. The number of hydrogen-bond acceptors (Lipinski definition) is 5. The molecule has 3 atom stereocenters. The van der Waals surface area contributed by atoms with E-state index in [1.807, 2.05) is 37.4 Å². The Balaban J connectivity index is 1.50. The highest BCUT2D eigenvalue weighted by atomic mass is 35.5. The van der Waals surface area contributed by atoms with Crippen LogP contribution in [0.1, 0.15) is 35.9 Å². The smallest absolute Gasteiger partial charge is 0.158 e. The second kappa shape index (κ2) is 8.17. The van der Waals surface area contributed by atoms with Crippen molar-refractivity contribution in [1.82, 2.24) is 14.5 Å². The van der Waals surface area contributed by atoms with Crippen LogP contribution in [0, 0.1) is 6.92 Å². The number of ether oxygens (including phenoxy) is 2. The van der Waals surface area contributed by atoms with Crippen molar-refractivity contribution in [3.05, 3.63) is 58.6 Å². The molecule has 3 heterocycles. The molecule has 0 radical (unpaired) electrons. The molecule has 28 heavy (non-hydrogen) atoms. The van der Waals surface area contributed by atoms with E-state index < -0.39 is 6.29 Å². The van der Waals surface area contributed by atoms with E-state index >= 15 is 0 Å². The van der Waals surface area contributed by atoms with Gasteiger partial charge in [0, 0.05) is 30.1 Å². The van der Waals surface area contributed by atoms with Gasteiger partial charge in [0.25, 0.3) is 0 Å². The predicted octanol–water partition coefficient (Wildman–Crippen LogP) is 3.82. The minimum Gasteiger partial charge on any atom is -0.368 e. The number of nitrogens with zero attached hydrogens (tertiary/aromatic N) is 3. The summed E-state index contributed by atoms with van der Waals surface area (Å²) in [7, 11) is 1.49. The quantitative estimate of drug-likeness (QED) is 0.636. The fourth-order valence-electron chi connectivity index (χ4n) is 3.87. The topological polar surface area (TPSA) is 69.4 Å². The van der Waals surface area contributed by atoms with E-state index in [9.17, 15) is 5.11 Å². The molecule has 6 nitrogen and oxygen atoms in total. The summed E-state index contributed by atoms with van der Waals surface area (Å²) < 4.78 is 13.5. The molecule has 1 N–H and O–H groups in total. The van der Waals surface area contributed by atoms with Gasteiger partial charge in [-0.15, -0.1) is 0 Å². The summed E-state index contributed by atoms with van der Waals surface area (Å²) in [6.07, 6.45) is 5.92. The number of benzene rings is 1. The third-order valence-corrected chi connectivity index (χ3v) is 5.62. The van der Waals surface area contributed by atoms with Crippen molar-refractivity contribution in [3.63, 3.8) is 0 Å². The van der Waals surface area contributed by atoms with Crippen molar-refractivity contribution in [1.29, 1.82) is 0 Å². The average molecular weight is 402 g/mol. The number of aromatic nitrogens is 3. The van der Waals surface area contributed by atoms with Crippen LogP contribution in [0.5, 0.6) is 0 Å². The summed E-state index contributed by atoms with van der Waals surface area (Å²) in [4.78, 5) is 8.70. The lowest BCUT2D eigenvalue weighted by Crippen LogP contribution is -2.17. The maximum Gasteiger partial charge on any atom is 0.158 e. The van der Waals surface area contributed by atoms with Gasteiger partial charge < -0.3 is 19.1 Å². The Labute approximate surface area is 169 Å². The normalized spacial score (nSPS) is 20.7. The summed E-state index contributed by atoms with van der Waals surface area (Å²) >= 11 is 6.15. The lowest BCUT2D eigenvalue weighted by atomic mass is 9.98. The van der Waals surface area contributed by atoms with Gasteiger partial charge in [0.05, 0.1) is 11.8 Å². The number of halogens is 1. The van der Waals surface area contributed by atoms with Gasteiger partial charge in [-0.2, -0.15) is 0 Å². The molecule has 3 unspecified atom stereocenters. The minimum atomic E-state index is -0.844. The van der Waals surface area contributed by atoms with Gasteiger partial charge in [-0.25, -0.2) is 9.97 Å². The van der Waals surface area contributed by atoms with E-state index in [1.54, 1.807) is 6.33 Å². The molecule has 1 aromatic carbocycles. The predicted molar refractivity (Wildman–Crippen MR) is 107 cm³/mol. The van der Waals surface area contributed by atoms with Gasteiger partial charge in [0.15, 0.2) is 6.29 Å². The first-order valence-corrected chi connectivity index (χ1v) is 9.84. The molecule has 4 rings (SSSR count). The molecule has 3 aromatic rings. The monoisotopic (exact) mass is 401 g/mol. The Morgan fingerprint density at radius 3 is 2.96 bits per heavy atom. The van der Waals surface area contributed by atoms with Crippen molar-refractivity contribution >= 4 is 22.6 Å². The molecule has 7 heteroatoms. The summed E-state index contributed by atoms with van der Waals surface area (Å²) in [6.45, 7) is 1.99. The molecule has 148 valence electrons. The third-order valence-electron chi connectivity index (χ3n) is 5.39. The second-order valence-electron chi connectivity index (χ2n) is 7.22. The maximum atomic E-state index is 9.87. The lowest BCUT2D eigenvalue weighted by Gasteiger charge is -2.18. The van der Waals surface area contributed by atoms with Gasteiger partial charge in [0.2, 0.25) is 0 Å². The number of aryl methyl sites for hydroxylation is 1. The molecule has 0 bridgehead atoms. The van der Waals surface area contributed by atoms with Gasteiger partial charge in [-0.1, -0.05) is 17.7 Å². The third kappa shape index (κ3) is 3.91. The van der Waals surface area contributed by atoms with Crippen LogP contribution < -0.4 is 0 Å². The summed E-state index contributed by atoms with van der Waals surface area (Å²) in [5.41, 5.74) is 4.00. The molecular weight excluding hydrogens is 378 g/mol. The number of hydrogen-bond donors (Lipinski definition) is 1. The first-order valence-electron chi connectivity index (χ1n) is 9.47. The van der Waals surface area contributed by atoms with Gasteiger partial charge in [0.1, 0.15) is 18.2 Å². The number of rotatable bonds is 6. The van der Waals surface area contributed by atoms with E-state index in [0.717, 1.165) is 47.1 Å². The number of methoxy groups -OCH3 is 1. The van der Waals surface area contributed by atoms with E-state index in [-0.39, 0.29) is 12.3 Å². The second-order valence-corrected chi connectivity index (χ2v) is 7.66. The largest absolute Gasteiger partial charge is 0.368 e. The van der Waals surface area contributed by atoms with Crippen LogP contribution in [0.3, 0.4) is 0 Å². The molecule has 0 amide bonds. The van der Waals surface area contributed by atoms with Crippen LogP contribution in [0.15, 0.2) is 36.8 Å². The van der Waals surface area contributed by atoms with Crippen molar-refractivity contribution in [2.45, 2.75) is 51.2 Å². The fraction of sp³-hybridized carbons (Fsp3) is 0.429. The highest BCUT2D eigenvalue weighted by Crippen LogP contribution is 2.33. The van der Waals surface area contributed by atoms with Crippen molar-refractivity contribution < 1.29 is 14.6 Å². The van der Waals surface area contributed by atoms with Crippen LogP contribution >= 0.6 is 11.6 Å². The first-order chi connectivity index (χ1) is 13.5. The van der Waals surface area contributed by atoms with Gasteiger partial charge in [-0.3, -0.25) is 0 Å². The SMILES string of the molecule is COC(O)Cc1cc(Cl)ccc1CC1CCC(n2ccc3c(C)ncnc32)O1. The molecule has 1 fully saturated rings. The van der Waals surface area contributed by atoms with Crippen LogP contribution in [0.4, 0.5) is 0 Å². The van der Waals surface area contributed by atoms with Crippen molar-refractivity contribution in [2.24, 2.45) is 0 Å². The van der Waals surface area contributed by atoms with E-state index in [2.05, 4.69) is 14.5 Å². The fourth-order valence-corrected chi connectivity index (χ4v) is 4.07. The van der Waals surface area contributed by atoms with Crippen LogP contribution in [0.25, 0.3) is 11.0 Å². The molecule has 2 aromatic heterocycles. The molecule has 1 aliphatic rings. The number of fused-ring (bicyclic) bond motifs is 1. The molecule has 1 aliphatic heterocycles. The maximum absolute atomic E-state index is 9.87. The summed E-state index contributed by atoms with van der Waals surface area (Å²) in [5.74, 6) is 0. The van der Waals surface area contributed by atoms with Crippen LogP contribution in [-0.4, -0.2) is 39.1 Å². The molecule has 1 saturated heterocycles. The van der Waals surface area contributed by atoms with Crippen molar-refractivity contribution in [3.8, 4) is 0 Å². The Morgan fingerprint density at radius 1 is 1.29 bits per heavy atom. The Hall–Kier alpha value is -1.99. The Morgan fingerprint density at radius 2 is 2.14 bits per heavy atom. The van der Waals surface area contributed by atoms with Crippen LogP contribution in [0.2, 0.25) is 5.02 Å². The standard InChI is InChI=1S/C21H24ClN3O3/c1-13-18-7-8-25(21(18)24-12-23-13)19-6-5-17(28-19)10-14-3-4-16(22)9-15(14)11-20(26)27-2/h3-4,7-9,12,17,19-20,26H,5-6,10-11H2,1-2H3. The first kappa shape index (κ1) is 19.3. The zero-order valence-electron chi connectivity index (χ0n) is 16.0. The highest BCUT2D eigenvalue weighted by Gasteiger charge is 2.28. The molecule has 0 aliphatic carbocycles. The Bertz CT molecular complexity index is 975. The van der Waals surface area contributed by atoms with E-state index in [1.165, 1.54) is 7.11 Å². The lowest BCUT2D eigenvalue weighted by molar-refractivity contribution is -0.0722. The summed E-state index contributed by atoms with van der Waals surface area (Å²) in [6, 6.07) is 7.83. The Kier molecular flexibility index (Phi) is 5.64. The van der Waals surface area contributed by atoms with Gasteiger partial charge in [-0.05, 0) is 55.5 Å². The average Bonchev–Trinajstić information content (AvgIpc) is 3.31. The van der Waals surface area contributed by atoms with Crippen LogP contribution in [-0.2, 0) is 22.3 Å². The highest BCUT2D eigenvalue weighted by molar-refractivity contribution is 6.30. The van der Waals surface area contributed by atoms with E-state index in [0.29, 0.717) is 11.4 Å². The van der Waals surface area contributed by atoms with Crippen molar-refractivity contribution in [2.75, 3.05) is 7.11 Å². The number of aliphatic hydroxyl groups is 1. The summed E-state index contributed by atoms with van der Waals surface area (Å²) in [5, 5.41) is 11.6. The zero-order valence-corrected chi connectivity index (χ0v) is 16.8. The zero-order chi connectivity index (χ0) is 19.7. The molecule has 0 saturated carbocycles. The minimum absolute atomic E-state index is 0.0304. The van der Waals surface area contributed by atoms with E-state index in [4.69, 9.17) is 21.1 Å². The van der Waals surface area contributed by atoms with Gasteiger partial charge >= 0.3 is 0 Å². The number of aliphatic hydroxyl groups excluding tert-OH is 1.